The molecule has 0 bridgehead atoms. The molecule has 1 aliphatic rings. The lowest BCUT2D eigenvalue weighted by atomic mass is 10.1. The number of ether oxygens (including phenoxy) is 1. The lowest BCUT2D eigenvalue weighted by Crippen LogP contribution is -2.33. The van der Waals surface area contributed by atoms with Crippen molar-refractivity contribution < 1.29 is 20.1 Å². The normalized spacial score (nSPS) is 28.0. The highest BCUT2D eigenvalue weighted by Gasteiger charge is 2.44. The van der Waals surface area contributed by atoms with Crippen LogP contribution in [0.25, 0.3) is 11.0 Å². The van der Waals surface area contributed by atoms with Crippen molar-refractivity contribution in [3.8, 4) is 0 Å². The van der Waals surface area contributed by atoms with Crippen LogP contribution in [0, 0.1) is 0 Å². The van der Waals surface area contributed by atoms with Gasteiger partial charge in [0.1, 0.15) is 24.6 Å². The van der Waals surface area contributed by atoms with Gasteiger partial charge in [-0.15, -0.1) is 0 Å². The van der Waals surface area contributed by atoms with Crippen molar-refractivity contribution in [1.29, 1.82) is 0 Å². The summed E-state index contributed by atoms with van der Waals surface area (Å²) in [6.45, 7) is -0.401. The molecule has 3 N–H and O–H groups in total. The van der Waals surface area contributed by atoms with Crippen LogP contribution in [0.2, 0.25) is 0 Å². The Hall–Kier alpha value is -2.14. The Morgan fingerprint density at radius 3 is 2.78 bits per heavy atom. The molecule has 0 saturated carbocycles. The van der Waals surface area contributed by atoms with Gasteiger partial charge >= 0.3 is 0 Å². The van der Waals surface area contributed by atoms with E-state index in [1.165, 1.54) is 17.2 Å². The Kier molecular flexibility index (Phi) is 4.22. The fourth-order valence-corrected chi connectivity index (χ4v) is 2.39. The first kappa shape index (κ1) is 15.7. The molecular formula is C13H18N6O4. The van der Waals surface area contributed by atoms with Gasteiger partial charge < -0.3 is 25.0 Å². The van der Waals surface area contributed by atoms with Gasteiger partial charge in [-0.1, -0.05) is 0 Å². The van der Waals surface area contributed by atoms with E-state index in [0.29, 0.717) is 16.9 Å². The summed E-state index contributed by atoms with van der Waals surface area (Å²) in [4.78, 5) is 14.3. The molecule has 1 fully saturated rings. The van der Waals surface area contributed by atoms with Crippen molar-refractivity contribution in [2.45, 2.75) is 24.5 Å². The predicted molar refractivity (Wildman–Crippen MR) is 80.2 cm³/mol. The summed E-state index contributed by atoms with van der Waals surface area (Å²) in [7, 11) is 3.68. The van der Waals surface area contributed by atoms with Gasteiger partial charge in [0, 0.05) is 14.1 Å². The molecule has 1 aliphatic heterocycles. The average Bonchev–Trinajstić information content (AvgIpc) is 3.08. The topological polar surface area (TPSA) is 129 Å². The number of hydrogen-bond acceptors (Lipinski definition) is 8. The first-order valence-electron chi connectivity index (χ1n) is 7.04. The largest absolute Gasteiger partial charge is 0.394 e. The number of hydrogen-bond donors (Lipinski definition) is 3. The van der Waals surface area contributed by atoms with Gasteiger partial charge in [0.2, 0.25) is 0 Å². The van der Waals surface area contributed by atoms with E-state index < -0.39 is 31.1 Å². The first-order valence-corrected chi connectivity index (χ1v) is 7.04. The first-order chi connectivity index (χ1) is 11.0. The fourth-order valence-electron chi connectivity index (χ4n) is 2.39. The summed E-state index contributed by atoms with van der Waals surface area (Å²) < 4.78 is 6.83. The van der Waals surface area contributed by atoms with Crippen molar-refractivity contribution in [2.24, 2.45) is 4.99 Å². The number of aliphatic hydroxyl groups excluding tert-OH is 3. The highest BCUT2D eigenvalue weighted by Crippen LogP contribution is 2.32. The van der Waals surface area contributed by atoms with Gasteiger partial charge in [-0.05, 0) is 0 Å². The Labute approximate surface area is 131 Å². The summed E-state index contributed by atoms with van der Waals surface area (Å²) in [6.07, 6.45) is 0.223. The van der Waals surface area contributed by atoms with Gasteiger partial charge in [0.15, 0.2) is 17.7 Å². The maximum absolute atomic E-state index is 10.1. The standard InChI is InChI=1S/C13H18N6O4/c1-18(2)6-16-11-7-3-17-19(12(7)15-5-14-11)13-10(22)9(21)8(4-20)23-13/h3,5-6,8-10,13,20-22H,4H2,1-2H3/b16-6+/t8-,9-,10-,13?/m1/s1. The van der Waals surface area contributed by atoms with Gasteiger partial charge in [-0.3, -0.25) is 0 Å². The van der Waals surface area contributed by atoms with Gasteiger partial charge in [0.05, 0.1) is 24.5 Å². The molecule has 2 aromatic heterocycles. The third kappa shape index (κ3) is 2.77. The molecule has 124 valence electrons. The molecule has 2 aromatic rings. The minimum Gasteiger partial charge on any atom is -0.394 e. The summed E-state index contributed by atoms with van der Waals surface area (Å²) in [5.41, 5.74) is 0.417. The predicted octanol–water partition coefficient (Wildman–Crippen LogP) is -1.34. The Morgan fingerprint density at radius 2 is 2.13 bits per heavy atom. The van der Waals surface area contributed by atoms with Gasteiger partial charge in [-0.25, -0.2) is 19.6 Å². The molecule has 23 heavy (non-hydrogen) atoms. The maximum Gasteiger partial charge on any atom is 0.181 e. The molecule has 10 nitrogen and oxygen atoms in total. The van der Waals surface area contributed by atoms with Crippen molar-refractivity contribution in [3.05, 3.63) is 12.5 Å². The van der Waals surface area contributed by atoms with Gasteiger partial charge in [0.25, 0.3) is 0 Å². The van der Waals surface area contributed by atoms with Crippen LogP contribution < -0.4 is 0 Å². The molecule has 1 saturated heterocycles. The molecule has 0 aliphatic carbocycles. The van der Waals surface area contributed by atoms with Crippen molar-refractivity contribution in [2.75, 3.05) is 20.7 Å². The van der Waals surface area contributed by atoms with E-state index in [9.17, 15) is 15.3 Å². The molecule has 0 spiro atoms. The van der Waals surface area contributed by atoms with Crippen molar-refractivity contribution >= 4 is 23.2 Å². The zero-order valence-electron chi connectivity index (χ0n) is 12.7. The second-order valence-corrected chi connectivity index (χ2v) is 5.46. The lowest BCUT2D eigenvalue weighted by Gasteiger charge is -2.15. The van der Waals surface area contributed by atoms with Crippen LogP contribution in [0.1, 0.15) is 6.23 Å². The molecule has 3 rings (SSSR count). The third-order valence-corrected chi connectivity index (χ3v) is 3.54. The second-order valence-electron chi connectivity index (χ2n) is 5.46. The highest BCUT2D eigenvalue weighted by molar-refractivity contribution is 5.86. The van der Waals surface area contributed by atoms with Crippen LogP contribution in [0.4, 0.5) is 5.82 Å². The Morgan fingerprint density at radius 1 is 1.35 bits per heavy atom. The van der Waals surface area contributed by atoms with E-state index in [0.717, 1.165) is 0 Å². The smallest absolute Gasteiger partial charge is 0.181 e. The zero-order chi connectivity index (χ0) is 16.6. The minimum atomic E-state index is -1.22. The molecular weight excluding hydrogens is 304 g/mol. The van der Waals surface area contributed by atoms with Crippen LogP contribution in [0.3, 0.4) is 0 Å². The molecule has 1 unspecified atom stereocenters. The molecule has 0 amide bonds. The second kappa shape index (κ2) is 6.16. The minimum absolute atomic E-state index is 0.401. The monoisotopic (exact) mass is 322 g/mol. The summed E-state index contributed by atoms with van der Waals surface area (Å²) in [5, 5.41) is 33.9. The summed E-state index contributed by atoms with van der Waals surface area (Å²) >= 11 is 0. The molecule has 0 aromatic carbocycles. The number of aliphatic imine (C=N–C) groups is 1. The summed E-state index contributed by atoms with van der Waals surface area (Å²) in [5.74, 6) is 0.432. The molecule has 4 atom stereocenters. The van der Waals surface area contributed by atoms with E-state index in [4.69, 9.17) is 4.74 Å². The van der Waals surface area contributed by atoms with Crippen LogP contribution in [0.5, 0.6) is 0 Å². The zero-order valence-corrected chi connectivity index (χ0v) is 12.7. The third-order valence-electron chi connectivity index (χ3n) is 3.54. The number of aliphatic hydroxyl groups is 3. The Bertz CT molecular complexity index is 718. The lowest BCUT2D eigenvalue weighted by molar-refractivity contribution is -0.0566. The quantitative estimate of drug-likeness (QED) is 0.466. The van der Waals surface area contributed by atoms with Crippen LogP contribution in [-0.2, 0) is 4.74 Å². The number of fused-ring (bicyclic) bond motifs is 1. The van der Waals surface area contributed by atoms with Crippen LogP contribution in [-0.4, -0.2) is 85.3 Å². The highest BCUT2D eigenvalue weighted by atomic mass is 16.6. The van der Waals surface area contributed by atoms with E-state index >= 15 is 0 Å². The number of aromatic nitrogens is 4. The number of nitrogens with zero attached hydrogens (tertiary/aromatic N) is 6. The fraction of sp³-hybridized carbons (Fsp3) is 0.538. The van der Waals surface area contributed by atoms with Crippen molar-refractivity contribution in [3.63, 3.8) is 0 Å². The average molecular weight is 322 g/mol. The number of rotatable bonds is 4. The van der Waals surface area contributed by atoms with Crippen LogP contribution in [0.15, 0.2) is 17.5 Å². The Balaban J connectivity index is 1.99. The van der Waals surface area contributed by atoms with E-state index in [1.807, 2.05) is 14.1 Å². The molecule has 0 radical (unpaired) electrons. The van der Waals surface area contributed by atoms with Gasteiger partial charge in [-0.2, -0.15) is 5.10 Å². The van der Waals surface area contributed by atoms with Crippen LogP contribution >= 0.6 is 0 Å². The SMILES string of the molecule is CN(C)/C=N/c1ncnc2c1cnn2C1O[C@H](CO)[C@@H](O)[C@H]1O. The molecule has 10 heteroatoms. The van der Waals surface area contributed by atoms with E-state index in [2.05, 4.69) is 20.1 Å². The van der Waals surface area contributed by atoms with E-state index in [1.54, 1.807) is 11.2 Å². The molecule has 3 heterocycles. The van der Waals surface area contributed by atoms with Crippen molar-refractivity contribution in [1.82, 2.24) is 24.6 Å². The maximum atomic E-state index is 10.1. The summed E-state index contributed by atoms with van der Waals surface area (Å²) in [6, 6.07) is 0. The van der Waals surface area contributed by atoms with E-state index in [-0.39, 0.29) is 0 Å².